The summed E-state index contributed by atoms with van der Waals surface area (Å²) < 4.78 is 11.4. The van der Waals surface area contributed by atoms with Crippen LogP contribution in [0.3, 0.4) is 0 Å². The number of rotatable bonds is 62. The third-order valence-electron chi connectivity index (χ3n) is 17.0. The number of hydrogen-bond acceptors (Lipinski definition) is 8. The highest BCUT2D eigenvalue weighted by Crippen LogP contribution is 2.24. The van der Waals surface area contributed by atoms with Gasteiger partial charge in [-0.25, -0.2) is 0 Å². The molecule has 1 saturated heterocycles. The number of unbranched alkanes of at least 4 members (excludes halogenated alkanes) is 46. The molecule has 0 saturated carbocycles. The van der Waals surface area contributed by atoms with Gasteiger partial charge in [-0.1, -0.05) is 333 Å². The van der Waals surface area contributed by atoms with Gasteiger partial charge in [0.25, 0.3) is 0 Å². The Morgan fingerprint density at radius 2 is 0.738 bits per heavy atom. The van der Waals surface area contributed by atoms with Gasteiger partial charge in [0.05, 0.1) is 25.4 Å². The van der Waals surface area contributed by atoms with E-state index in [0.29, 0.717) is 12.8 Å². The second-order valence-corrected chi connectivity index (χ2v) is 24.7. The first-order valence-electron chi connectivity index (χ1n) is 35.2. The lowest BCUT2D eigenvalue weighted by molar-refractivity contribution is -0.302. The summed E-state index contributed by atoms with van der Waals surface area (Å²) in [5, 5.41) is 55.0. The summed E-state index contributed by atoms with van der Waals surface area (Å²) in [6.45, 7) is 3.88. The predicted octanol–water partition coefficient (Wildman–Crippen LogP) is 19.0. The van der Waals surface area contributed by atoms with Crippen LogP contribution in [0.1, 0.15) is 354 Å². The smallest absolute Gasteiger partial charge is 0.220 e. The van der Waals surface area contributed by atoms with Gasteiger partial charge in [-0.2, -0.15) is 0 Å². The summed E-state index contributed by atoms with van der Waals surface area (Å²) in [7, 11) is 0. The lowest BCUT2D eigenvalue weighted by Crippen LogP contribution is -2.60. The summed E-state index contributed by atoms with van der Waals surface area (Å²) >= 11 is 0. The standard InChI is InChI=1S/C71H135NO8/c1-3-5-7-9-11-13-15-17-19-21-23-25-27-29-31-33-35-37-39-41-43-45-47-49-51-53-55-57-59-61-67(75)72-64(63-79-71-70(78)69(77)68(76)66(62-73)80-71)65(74)60-58-56-54-52-50-48-46-44-42-40-38-36-34-32-30-28-26-24-22-20-18-16-14-12-10-8-6-4-2/h15,17,21,23,27,29,64-66,68-71,73-74,76-78H,3-14,16,18-20,22,24-26,28,30-63H2,1-2H3,(H,72,75)/b17-15-,23-21-,29-27-. The van der Waals surface area contributed by atoms with Gasteiger partial charge in [-0.15, -0.1) is 0 Å². The first-order chi connectivity index (χ1) is 39.3. The molecule has 9 nitrogen and oxygen atoms in total. The van der Waals surface area contributed by atoms with Gasteiger partial charge in [-0.05, 0) is 51.4 Å². The van der Waals surface area contributed by atoms with Crippen LogP contribution in [0, 0.1) is 0 Å². The maximum Gasteiger partial charge on any atom is 0.220 e. The van der Waals surface area contributed by atoms with E-state index in [0.717, 1.165) is 51.4 Å². The molecule has 9 heteroatoms. The van der Waals surface area contributed by atoms with Gasteiger partial charge in [0, 0.05) is 6.42 Å². The highest BCUT2D eigenvalue weighted by atomic mass is 16.7. The van der Waals surface area contributed by atoms with Crippen molar-refractivity contribution in [3.8, 4) is 0 Å². The van der Waals surface area contributed by atoms with E-state index >= 15 is 0 Å². The molecule has 6 N–H and O–H groups in total. The van der Waals surface area contributed by atoms with Crippen molar-refractivity contribution in [2.24, 2.45) is 0 Å². The van der Waals surface area contributed by atoms with E-state index in [9.17, 15) is 30.3 Å². The van der Waals surface area contributed by atoms with Gasteiger partial charge < -0.3 is 40.3 Å². The zero-order valence-corrected chi connectivity index (χ0v) is 52.9. The van der Waals surface area contributed by atoms with Crippen LogP contribution in [0.25, 0.3) is 0 Å². The molecule has 0 aromatic rings. The van der Waals surface area contributed by atoms with Crippen LogP contribution in [0.15, 0.2) is 36.5 Å². The summed E-state index contributed by atoms with van der Waals surface area (Å²) in [6.07, 6.45) is 73.5. The summed E-state index contributed by atoms with van der Waals surface area (Å²) in [5.74, 6) is -0.139. The van der Waals surface area contributed by atoms with E-state index < -0.39 is 49.5 Å². The van der Waals surface area contributed by atoms with Crippen molar-refractivity contribution >= 4 is 5.91 Å². The van der Waals surface area contributed by atoms with E-state index in [2.05, 4.69) is 55.6 Å². The second-order valence-electron chi connectivity index (χ2n) is 24.7. The number of aliphatic hydroxyl groups is 5. The minimum absolute atomic E-state index is 0.135. The van der Waals surface area contributed by atoms with Gasteiger partial charge >= 0.3 is 0 Å². The number of carbonyl (C=O) groups is 1. The van der Waals surface area contributed by atoms with E-state index in [1.807, 2.05) is 0 Å². The first-order valence-corrected chi connectivity index (χ1v) is 35.2. The molecule has 0 radical (unpaired) electrons. The third-order valence-corrected chi connectivity index (χ3v) is 17.0. The molecular formula is C71H135NO8. The lowest BCUT2D eigenvalue weighted by atomic mass is 9.99. The molecule has 472 valence electrons. The van der Waals surface area contributed by atoms with Gasteiger partial charge in [0.1, 0.15) is 24.4 Å². The molecule has 7 atom stereocenters. The normalized spacial score (nSPS) is 18.6. The van der Waals surface area contributed by atoms with Crippen LogP contribution >= 0.6 is 0 Å². The molecule has 80 heavy (non-hydrogen) atoms. The van der Waals surface area contributed by atoms with Crippen LogP contribution in [0.2, 0.25) is 0 Å². The molecule has 1 aliphatic heterocycles. The number of nitrogens with one attached hydrogen (secondary N) is 1. The molecule has 1 aliphatic rings. The van der Waals surface area contributed by atoms with Gasteiger partial charge in [0.2, 0.25) is 5.91 Å². The van der Waals surface area contributed by atoms with Crippen molar-refractivity contribution in [1.82, 2.24) is 5.32 Å². The van der Waals surface area contributed by atoms with E-state index in [-0.39, 0.29) is 12.5 Å². The average molecular weight is 1130 g/mol. The summed E-state index contributed by atoms with van der Waals surface area (Å²) in [4.78, 5) is 13.2. The Bertz CT molecular complexity index is 1360. The molecule has 7 unspecified atom stereocenters. The Morgan fingerprint density at radius 3 is 1.09 bits per heavy atom. The van der Waals surface area contributed by atoms with Crippen molar-refractivity contribution in [2.75, 3.05) is 13.2 Å². The van der Waals surface area contributed by atoms with Crippen LogP contribution < -0.4 is 5.32 Å². The fourth-order valence-corrected chi connectivity index (χ4v) is 11.5. The molecule has 1 amide bonds. The van der Waals surface area contributed by atoms with Gasteiger partial charge in [-0.3, -0.25) is 4.79 Å². The minimum atomic E-state index is -1.55. The second kappa shape index (κ2) is 60.5. The molecule has 0 aromatic heterocycles. The summed E-state index contributed by atoms with van der Waals surface area (Å²) in [6, 6.07) is -0.721. The number of carbonyl (C=O) groups excluding carboxylic acids is 1. The third kappa shape index (κ3) is 48.7. The molecule has 0 bridgehead atoms. The Kier molecular flexibility index (Phi) is 57.8. The topological polar surface area (TPSA) is 149 Å². The van der Waals surface area contributed by atoms with Crippen molar-refractivity contribution in [3.63, 3.8) is 0 Å². The SMILES string of the molecule is CCCCCCC/C=C\C/C=C\C/C=C\CCCCCCCCCCCCCCCCC(=O)NC(COC1OC(CO)C(O)C(O)C1O)C(O)CCCCCCCCCCCCCCCCCCCCCCCCCCCCCC. The summed E-state index contributed by atoms with van der Waals surface area (Å²) in [5.41, 5.74) is 0. The molecule has 0 spiro atoms. The zero-order valence-electron chi connectivity index (χ0n) is 52.9. The molecule has 1 rings (SSSR count). The minimum Gasteiger partial charge on any atom is -0.394 e. The van der Waals surface area contributed by atoms with Crippen LogP contribution in [-0.4, -0.2) is 87.5 Å². The Hall–Kier alpha value is -1.59. The number of aliphatic hydroxyl groups excluding tert-OH is 5. The van der Waals surface area contributed by atoms with E-state index in [1.54, 1.807) is 0 Å². The highest BCUT2D eigenvalue weighted by molar-refractivity contribution is 5.76. The molecular weight excluding hydrogens is 995 g/mol. The predicted molar refractivity (Wildman–Crippen MR) is 341 cm³/mol. The molecule has 0 aliphatic carbocycles. The van der Waals surface area contributed by atoms with Crippen LogP contribution in [-0.2, 0) is 14.3 Å². The number of hydrogen-bond donors (Lipinski definition) is 6. The molecule has 1 fully saturated rings. The average Bonchev–Trinajstić information content (AvgIpc) is 3.46. The zero-order chi connectivity index (χ0) is 57.9. The number of amides is 1. The van der Waals surface area contributed by atoms with Crippen LogP contribution in [0.5, 0.6) is 0 Å². The van der Waals surface area contributed by atoms with E-state index in [4.69, 9.17) is 9.47 Å². The van der Waals surface area contributed by atoms with Crippen molar-refractivity contribution in [1.29, 1.82) is 0 Å². The Balaban J connectivity index is 2.11. The Morgan fingerprint density at radius 1 is 0.425 bits per heavy atom. The van der Waals surface area contributed by atoms with Gasteiger partial charge in [0.15, 0.2) is 6.29 Å². The quantitative estimate of drug-likeness (QED) is 0.0261. The first kappa shape index (κ1) is 76.4. The fraction of sp³-hybridized carbons (Fsp3) is 0.901. The number of allylic oxidation sites excluding steroid dienone is 6. The maximum atomic E-state index is 13.2. The largest absolute Gasteiger partial charge is 0.394 e. The fourth-order valence-electron chi connectivity index (χ4n) is 11.5. The van der Waals surface area contributed by atoms with Crippen LogP contribution in [0.4, 0.5) is 0 Å². The van der Waals surface area contributed by atoms with E-state index in [1.165, 1.54) is 276 Å². The van der Waals surface area contributed by atoms with Crippen molar-refractivity contribution in [2.45, 2.75) is 397 Å². The molecule has 1 heterocycles. The monoisotopic (exact) mass is 1130 g/mol. The lowest BCUT2D eigenvalue weighted by Gasteiger charge is -2.40. The Labute approximate surface area is 495 Å². The van der Waals surface area contributed by atoms with Crippen molar-refractivity contribution < 1.29 is 39.8 Å². The highest BCUT2D eigenvalue weighted by Gasteiger charge is 2.44. The number of ether oxygens (including phenoxy) is 2. The maximum absolute atomic E-state index is 13.2. The van der Waals surface area contributed by atoms with Crippen molar-refractivity contribution in [3.05, 3.63) is 36.5 Å². The molecule has 0 aromatic carbocycles.